The molecular weight excluding hydrogens is 257 g/mol. The van der Waals surface area contributed by atoms with Gasteiger partial charge in [-0.15, -0.1) is 0 Å². The van der Waals surface area contributed by atoms with Crippen LogP contribution in [-0.4, -0.2) is 25.5 Å². The van der Waals surface area contributed by atoms with E-state index in [0.717, 1.165) is 17.1 Å². The van der Waals surface area contributed by atoms with E-state index in [4.69, 9.17) is 9.47 Å². The zero-order valence-electron chi connectivity index (χ0n) is 10.8. The molecule has 2 aromatic carbocycles. The van der Waals surface area contributed by atoms with Crippen molar-refractivity contribution in [3.05, 3.63) is 59.9 Å². The third-order valence-electron chi connectivity index (χ3n) is 2.99. The van der Waals surface area contributed by atoms with Crippen molar-refractivity contribution in [2.45, 2.75) is 6.10 Å². The van der Waals surface area contributed by atoms with E-state index in [1.807, 2.05) is 24.3 Å². The predicted molar refractivity (Wildman–Crippen MR) is 75.2 cm³/mol. The Morgan fingerprint density at radius 3 is 2.65 bits per heavy atom. The SMILES string of the molecule is Fc1ccc(C=NCC2COc3ccccc3O2)cc1. The summed E-state index contributed by atoms with van der Waals surface area (Å²) in [6, 6.07) is 13.8. The van der Waals surface area contributed by atoms with E-state index >= 15 is 0 Å². The molecule has 0 spiro atoms. The second-order valence-electron chi connectivity index (χ2n) is 4.54. The fourth-order valence-corrected chi connectivity index (χ4v) is 1.98. The van der Waals surface area contributed by atoms with Crippen LogP contribution in [0.1, 0.15) is 5.56 Å². The van der Waals surface area contributed by atoms with Gasteiger partial charge >= 0.3 is 0 Å². The van der Waals surface area contributed by atoms with Gasteiger partial charge in [-0.3, -0.25) is 4.99 Å². The number of hydrogen-bond acceptors (Lipinski definition) is 3. The van der Waals surface area contributed by atoms with Gasteiger partial charge in [-0.25, -0.2) is 4.39 Å². The average molecular weight is 271 g/mol. The van der Waals surface area contributed by atoms with Crippen molar-refractivity contribution in [2.75, 3.05) is 13.2 Å². The Morgan fingerprint density at radius 2 is 1.85 bits per heavy atom. The molecular formula is C16H14FNO2. The van der Waals surface area contributed by atoms with Gasteiger partial charge in [-0.1, -0.05) is 24.3 Å². The van der Waals surface area contributed by atoms with Crippen molar-refractivity contribution >= 4 is 6.21 Å². The van der Waals surface area contributed by atoms with E-state index in [1.165, 1.54) is 12.1 Å². The van der Waals surface area contributed by atoms with Gasteiger partial charge in [0.2, 0.25) is 0 Å². The zero-order valence-corrected chi connectivity index (χ0v) is 10.8. The maximum absolute atomic E-state index is 12.8. The van der Waals surface area contributed by atoms with E-state index in [9.17, 15) is 4.39 Å². The van der Waals surface area contributed by atoms with Crippen molar-refractivity contribution in [3.8, 4) is 11.5 Å². The Kier molecular flexibility index (Phi) is 3.63. The van der Waals surface area contributed by atoms with Crippen LogP contribution in [0.5, 0.6) is 11.5 Å². The highest BCUT2D eigenvalue weighted by Gasteiger charge is 2.19. The van der Waals surface area contributed by atoms with Crippen molar-refractivity contribution in [1.82, 2.24) is 0 Å². The molecule has 0 fully saturated rings. The van der Waals surface area contributed by atoms with Gasteiger partial charge in [0.25, 0.3) is 0 Å². The smallest absolute Gasteiger partial charge is 0.161 e. The highest BCUT2D eigenvalue weighted by Crippen LogP contribution is 2.30. The lowest BCUT2D eigenvalue weighted by molar-refractivity contribution is 0.0973. The van der Waals surface area contributed by atoms with E-state index in [-0.39, 0.29) is 11.9 Å². The van der Waals surface area contributed by atoms with Crippen LogP contribution < -0.4 is 9.47 Å². The molecule has 1 unspecified atom stereocenters. The average Bonchev–Trinajstić information content (AvgIpc) is 2.49. The van der Waals surface area contributed by atoms with E-state index in [1.54, 1.807) is 18.3 Å². The number of benzene rings is 2. The maximum Gasteiger partial charge on any atom is 0.161 e. The molecule has 4 heteroatoms. The molecule has 1 atom stereocenters. The molecule has 0 radical (unpaired) electrons. The summed E-state index contributed by atoms with van der Waals surface area (Å²) in [6.45, 7) is 0.990. The van der Waals surface area contributed by atoms with E-state index < -0.39 is 0 Å². The third kappa shape index (κ3) is 2.96. The van der Waals surface area contributed by atoms with Crippen molar-refractivity contribution in [1.29, 1.82) is 0 Å². The summed E-state index contributed by atoms with van der Waals surface area (Å²) in [5.74, 6) is 1.27. The lowest BCUT2D eigenvalue weighted by atomic mass is 10.2. The summed E-state index contributed by atoms with van der Waals surface area (Å²) in [4.78, 5) is 4.32. The minimum atomic E-state index is -0.247. The van der Waals surface area contributed by atoms with Crippen LogP contribution in [0.3, 0.4) is 0 Å². The third-order valence-corrected chi connectivity index (χ3v) is 2.99. The van der Waals surface area contributed by atoms with Gasteiger partial charge in [0.05, 0.1) is 6.54 Å². The molecule has 1 aliphatic heterocycles. The Hall–Kier alpha value is -2.36. The standard InChI is InChI=1S/C16H14FNO2/c17-13-7-5-12(6-8-13)9-18-10-14-11-19-15-3-1-2-4-16(15)20-14/h1-9,14H,10-11H2. The molecule has 2 aromatic rings. The minimum Gasteiger partial charge on any atom is -0.486 e. The lowest BCUT2D eigenvalue weighted by Gasteiger charge is -2.25. The molecule has 3 nitrogen and oxygen atoms in total. The second kappa shape index (κ2) is 5.74. The first kappa shape index (κ1) is 12.7. The molecule has 3 rings (SSSR count). The van der Waals surface area contributed by atoms with Gasteiger partial charge in [-0.2, -0.15) is 0 Å². The van der Waals surface area contributed by atoms with E-state index in [0.29, 0.717) is 13.2 Å². The molecule has 0 amide bonds. The summed E-state index contributed by atoms with van der Waals surface area (Å²) in [6.07, 6.45) is 1.62. The molecule has 0 saturated carbocycles. The summed E-state index contributed by atoms with van der Waals surface area (Å²) in [5.41, 5.74) is 0.864. The Morgan fingerprint density at radius 1 is 1.10 bits per heavy atom. The van der Waals surface area contributed by atoms with Gasteiger partial charge in [-0.05, 0) is 29.8 Å². The molecule has 1 aliphatic rings. The molecule has 0 N–H and O–H groups in total. The van der Waals surface area contributed by atoms with Crippen LogP contribution in [0.2, 0.25) is 0 Å². The largest absolute Gasteiger partial charge is 0.486 e. The van der Waals surface area contributed by atoms with Gasteiger partial charge in [0.15, 0.2) is 17.6 Å². The van der Waals surface area contributed by atoms with Gasteiger partial charge in [0.1, 0.15) is 12.4 Å². The van der Waals surface area contributed by atoms with Crippen LogP contribution in [-0.2, 0) is 0 Å². The van der Waals surface area contributed by atoms with Crippen LogP contribution in [0.4, 0.5) is 4.39 Å². The molecule has 102 valence electrons. The van der Waals surface area contributed by atoms with Gasteiger partial charge in [0, 0.05) is 6.21 Å². The fraction of sp³-hybridized carbons (Fsp3) is 0.188. The highest BCUT2D eigenvalue weighted by atomic mass is 19.1. The Bertz CT molecular complexity index is 610. The lowest BCUT2D eigenvalue weighted by Crippen LogP contribution is -2.31. The first-order valence-corrected chi connectivity index (χ1v) is 6.45. The summed E-state index contributed by atoms with van der Waals surface area (Å²) in [5, 5.41) is 0. The second-order valence-corrected chi connectivity index (χ2v) is 4.54. The van der Waals surface area contributed by atoms with Crippen molar-refractivity contribution in [3.63, 3.8) is 0 Å². The summed E-state index contributed by atoms with van der Waals surface area (Å²) in [7, 11) is 0. The Balaban J connectivity index is 1.59. The van der Waals surface area contributed by atoms with Crippen LogP contribution in [0.15, 0.2) is 53.5 Å². The number of fused-ring (bicyclic) bond motifs is 1. The molecule has 20 heavy (non-hydrogen) atoms. The molecule has 0 aromatic heterocycles. The number of ether oxygens (including phenoxy) is 2. The van der Waals surface area contributed by atoms with Gasteiger partial charge < -0.3 is 9.47 Å². The molecule has 0 saturated heterocycles. The number of rotatable bonds is 3. The molecule has 0 bridgehead atoms. The normalized spacial score (nSPS) is 17.4. The number of para-hydroxylation sites is 2. The predicted octanol–water partition coefficient (Wildman–Crippen LogP) is 3.08. The van der Waals surface area contributed by atoms with Crippen LogP contribution >= 0.6 is 0 Å². The number of nitrogens with zero attached hydrogens (tertiary/aromatic N) is 1. The van der Waals surface area contributed by atoms with Crippen molar-refractivity contribution < 1.29 is 13.9 Å². The van der Waals surface area contributed by atoms with Crippen molar-refractivity contribution in [2.24, 2.45) is 4.99 Å². The summed E-state index contributed by atoms with van der Waals surface area (Å²) < 4.78 is 24.2. The molecule has 0 aliphatic carbocycles. The van der Waals surface area contributed by atoms with Crippen LogP contribution in [0.25, 0.3) is 0 Å². The number of hydrogen-bond donors (Lipinski definition) is 0. The van der Waals surface area contributed by atoms with E-state index in [2.05, 4.69) is 4.99 Å². The monoisotopic (exact) mass is 271 g/mol. The number of halogens is 1. The first-order chi connectivity index (χ1) is 9.81. The topological polar surface area (TPSA) is 30.8 Å². The molecule has 1 heterocycles. The minimum absolute atomic E-state index is 0.0957. The zero-order chi connectivity index (χ0) is 13.8. The number of aliphatic imine (C=N–C) groups is 1. The fourth-order valence-electron chi connectivity index (χ4n) is 1.98. The first-order valence-electron chi connectivity index (χ1n) is 6.45. The Labute approximate surface area is 116 Å². The summed E-state index contributed by atoms with van der Waals surface area (Å²) >= 11 is 0. The quantitative estimate of drug-likeness (QED) is 0.803. The highest BCUT2D eigenvalue weighted by molar-refractivity contribution is 5.79. The maximum atomic E-state index is 12.8. The van der Waals surface area contributed by atoms with Crippen LogP contribution in [0, 0.1) is 5.82 Å².